The van der Waals surface area contributed by atoms with Crippen molar-refractivity contribution in [3.63, 3.8) is 0 Å². The van der Waals surface area contributed by atoms with Gasteiger partial charge in [0.15, 0.2) is 0 Å². The van der Waals surface area contributed by atoms with Gasteiger partial charge in [-0.3, -0.25) is 9.59 Å². The monoisotopic (exact) mass is 258 g/mol. The van der Waals surface area contributed by atoms with Gasteiger partial charge in [0.1, 0.15) is 0 Å². The Bertz CT molecular complexity index is 596. The molecule has 1 aromatic rings. The van der Waals surface area contributed by atoms with Crippen molar-refractivity contribution in [2.24, 2.45) is 0 Å². The van der Waals surface area contributed by atoms with E-state index in [1.165, 1.54) is 0 Å². The molecule has 2 nitrogen and oxygen atoms in total. The minimum Gasteiger partial charge on any atom is -0.285 e. The van der Waals surface area contributed by atoms with Crippen molar-refractivity contribution < 1.29 is 9.59 Å². The topological polar surface area (TPSA) is 34.1 Å². The Balaban J connectivity index is 2.23. The summed E-state index contributed by atoms with van der Waals surface area (Å²) in [6, 6.07) is 7.44. The molecule has 0 spiro atoms. The average molecular weight is 258 g/mol. The lowest BCUT2D eigenvalue weighted by molar-refractivity contribution is -0.112. The van der Waals surface area contributed by atoms with Crippen LogP contribution in [0.1, 0.15) is 42.6 Å². The van der Waals surface area contributed by atoms with Crippen LogP contribution in [0.15, 0.2) is 29.8 Å². The number of fused-ring (bicyclic) bond motifs is 2. The summed E-state index contributed by atoms with van der Waals surface area (Å²) >= 11 is 1.73. The van der Waals surface area contributed by atoms with Crippen molar-refractivity contribution in [3.8, 4) is 0 Å². The predicted octanol–water partition coefficient (Wildman–Crippen LogP) is 3.47. The number of carbonyl (C=O) groups excluding carboxylic acids is 2. The van der Waals surface area contributed by atoms with Crippen LogP contribution in [-0.2, 0) is 4.79 Å². The molecule has 0 bridgehead atoms. The Morgan fingerprint density at radius 3 is 2.44 bits per heavy atom. The third-order valence-corrected chi connectivity index (χ3v) is 4.95. The van der Waals surface area contributed by atoms with E-state index in [4.69, 9.17) is 0 Å². The number of Topliss-reactive ketones (excluding diaryl/α,β-unsaturated/α-hetero) is 2. The highest BCUT2D eigenvalue weighted by Crippen LogP contribution is 2.50. The van der Waals surface area contributed by atoms with Crippen LogP contribution >= 0.6 is 11.8 Å². The maximum absolute atomic E-state index is 12.1. The first-order chi connectivity index (χ1) is 8.49. The van der Waals surface area contributed by atoms with Gasteiger partial charge in [-0.05, 0) is 18.4 Å². The van der Waals surface area contributed by atoms with Gasteiger partial charge in [-0.2, -0.15) is 0 Å². The van der Waals surface area contributed by atoms with Gasteiger partial charge in [0.05, 0.1) is 0 Å². The van der Waals surface area contributed by atoms with Gasteiger partial charge in [-0.25, -0.2) is 0 Å². The normalized spacial score (nSPS) is 21.7. The molecule has 1 aromatic carbocycles. The summed E-state index contributed by atoms with van der Waals surface area (Å²) < 4.78 is 0.132. The van der Waals surface area contributed by atoms with E-state index in [1.807, 2.05) is 18.2 Å². The molecule has 0 aromatic heterocycles. The number of thioether (sulfide) groups is 1. The quantitative estimate of drug-likeness (QED) is 0.668. The fourth-order valence-corrected chi connectivity index (χ4v) is 3.86. The lowest BCUT2D eigenvalue weighted by Crippen LogP contribution is -2.29. The molecule has 0 amide bonds. The molecule has 0 radical (unpaired) electrons. The van der Waals surface area contributed by atoms with Gasteiger partial charge in [0, 0.05) is 20.8 Å². The first-order valence-corrected chi connectivity index (χ1v) is 6.92. The molecule has 3 rings (SSSR count). The third-order valence-electron chi connectivity index (χ3n) is 3.53. The van der Waals surface area contributed by atoms with E-state index >= 15 is 0 Å². The summed E-state index contributed by atoms with van der Waals surface area (Å²) in [6.45, 7) is 4.37. The number of carbonyl (C=O) groups is 2. The van der Waals surface area contributed by atoms with Crippen LogP contribution in [0.5, 0.6) is 0 Å². The Morgan fingerprint density at radius 2 is 1.72 bits per heavy atom. The fourth-order valence-electron chi connectivity index (χ4n) is 2.50. The van der Waals surface area contributed by atoms with Crippen LogP contribution in [0.3, 0.4) is 0 Å². The van der Waals surface area contributed by atoms with Crippen LogP contribution in [0.2, 0.25) is 0 Å². The summed E-state index contributed by atoms with van der Waals surface area (Å²) in [7, 11) is 0. The van der Waals surface area contributed by atoms with Crippen molar-refractivity contribution in [2.45, 2.75) is 31.4 Å². The predicted molar refractivity (Wildman–Crippen MR) is 73.6 cm³/mol. The molecule has 2 aliphatic rings. The molecule has 0 unspecified atom stereocenters. The fraction of sp³-hybridized carbons (Fsp3) is 0.333. The van der Waals surface area contributed by atoms with Gasteiger partial charge in [0.25, 0.3) is 0 Å². The molecule has 0 N–H and O–H groups in total. The Morgan fingerprint density at radius 1 is 1.06 bits per heavy atom. The Labute approximate surface area is 110 Å². The van der Waals surface area contributed by atoms with Gasteiger partial charge >= 0.3 is 0 Å². The van der Waals surface area contributed by atoms with Crippen LogP contribution in [0.25, 0.3) is 4.91 Å². The van der Waals surface area contributed by atoms with E-state index in [0.29, 0.717) is 12.0 Å². The number of allylic oxidation sites excluding steroid dienone is 1. The standard InChI is InChI=1S/C15H14O2S/c1-15(2)8-7-11-13(17)12(16)9-5-3-4-6-10(9)14(11)18-15/h3-6H,7-8H2,1-2H3. The first-order valence-electron chi connectivity index (χ1n) is 6.10. The van der Waals surface area contributed by atoms with E-state index in [-0.39, 0.29) is 16.3 Å². The van der Waals surface area contributed by atoms with E-state index in [0.717, 1.165) is 22.5 Å². The summed E-state index contributed by atoms with van der Waals surface area (Å²) in [6.07, 6.45) is 1.66. The van der Waals surface area contributed by atoms with Crippen LogP contribution in [0.4, 0.5) is 0 Å². The second-order valence-electron chi connectivity index (χ2n) is 5.37. The molecule has 0 saturated heterocycles. The lowest BCUT2D eigenvalue weighted by Gasteiger charge is -2.34. The minimum atomic E-state index is -0.343. The lowest BCUT2D eigenvalue weighted by atomic mass is 9.86. The molecular weight excluding hydrogens is 244 g/mol. The molecule has 0 fully saturated rings. The van der Waals surface area contributed by atoms with Crippen molar-refractivity contribution in [1.82, 2.24) is 0 Å². The second-order valence-corrected chi connectivity index (χ2v) is 7.09. The highest BCUT2D eigenvalue weighted by atomic mass is 32.2. The molecule has 1 aliphatic carbocycles. The van der Waals surface area contributed by atoms with E-state index in [1.54, 1.807) is 17.8 Å². The highest BCUT2D eigenvalue weighted by molar-refractivity contribution is 8.09. The zero-order chi connectivity index (χ0) is 12.9. The Kier molecular flexibility index (Phi) is 2.49. The number of ketones is 2. The highest BCUT2D eigenvalue weighted by Gasteiger charge is 2.38. The van der Waals surface area contributed by atoms with E-state index < -0.39 is 0 Å². The molecule has 1 heterocycles. The number of benzene rings is 1. The Hall–Kier alpha value is -1.35. The van der Waals surface area contributed by atoms with Gasteiger partial charge in [-0.15, -0.1) is 11.8 Å². The molecule has 0 atom stereocenters. The first kappa shape index (κ1) is 11.7. The van der Waals surface area contributed by atoms with Gasteiger partial charge in [-0.1, -0.05) is 38.1 Å². The van der Waals surface area contributed by atoms with E-state index in [9.17, 15) is 9.59 Å². The zero-order valence-electron chi connectivity index (χ0n) is 10.4. The van der Waals surface area contributed by atoms with Crippen LogP contribution in [-0.4, -0.2) is 16.3 Å². The number of hydrogen-bond donors (Lipinski definition) is 0. The molecule has 1 aliphatic heterocycles. The largest absolute Gasteiger partial charge is 0.285 e. The minimum absolute atomic E-state index is 0.132. The van der Waals surface area contributed by atoms with Crippen LogP contribution in [0, 0.1) is 0 Å². The SMILES string of the molecule is CC1(C)CCC2=C(S1)c1ccccc1C(=O)C2=O. The molecule has 18 heavy (non-hydrogen) atoms. The third kappa shape index (κ3) is 1.65. The van der Waals surface area contributed by atoms with Crippen molar-refractivity contribution >= 4 is 28.2 Å². The van der Waals surface area contributed by atoms with Gasteiger partial charge in [0.2, 0.25) is 11.6 Å². The molecule has 3 heteroatoms. The molecule has 0 saturated carbocycles. The van der Waals surface area contributed by atoms with Crippen LogP contribution < -0.4 is 0 Å². The van der Waals surface area contributed by atoms with Gasteiger partial charge < -0.3 is 0 Å². The summed E-state index contributed by atoms with van der Waals surface area (Å²) in [5, 5.41) is 0. The summed E-state index contributed by atoms with van der Waals surface area (Å²) in [4.78, 5) is 25.2. The smallest absolute Gasteiger partial charge is 0.233 e. The van der Waals surface area contributed by atoms with E-state index in [2.05, 4.69) is 13.8 Å². The zero-order valence-corrected chi connectivity index (χ0v) is 11.3. The second kappa shape index (κ2) is 3.82. The molecule has 92 valence electrons. The van der Waals surface area contributed by atoms with Crippen molar-refractivity contribution in [3.05, 3.63) is 41.0 Å². The maximum atomic E-state index is 12.1. The average Bonchev–Trinajstić information content (AvgIpc) is 2.35. The summed E-state index contributed by atoms with van der Waals surface area (Å²) in [5.41, 5.74) is 2.23. The molecular formula is C15H14O2S. The summed E-state index contributed by atoms with van der Waals surface area (Å²) in [5.74, 6) is -0.642. The maximum Gasteiger partial charge on any atom is 0.233 e. The van der Waals surface area contributed by atoms with Crippen molar-refractivity contribution in [2.75, 3.05) is 0 Å². The van der Waals surface area contributed by atoms with Crippen molar-refractivity contribution in [1.29, 1.82) is 0 Å². The number of rotatable bonds is 0. The number of hydrogen-bond acceptors (Lipinski definition) is 3.